The van der Waals surface area contributed by atoms with E-state index < -0.39 is 0 Å². The number of rotatable bonds is 9. The van der Waals surface area contributed by atoms with Crippen molar-refractivity contribution >= 4 is 5.71 Å². The maximum atomic E-state index is 9.22. The number of hydrogen-bond donors (Lipinski definition) is 0. The molecule has 2 aromatic rings. The molecule has 0 aliphatic heterocycles. The van der Waals surface area contributed by atoms with E-state index in [1.54, 1.807) is 0 Å². The molecule has 0 aromatic heterocycles. The molecule has 5 nitrogen and oxygen atoms in total. The Kier molecular flexibility index (Phi) is 7.33. The lowest BCUT2D eigenvalue weighted by molar-refractivity contribution is 0.214. The molecule has 2 rings (SSSR count). The minimum Gasteiger partial charge on any atom is -0.494 e. The summed E-state index contributed by atoms with van der Waals surface area (Å²) in [4.78, 5) is 4.73. The van der Waals surface area contributed by atoms with Gasteiger partial charge < -0.3 is 14.3 Å². The van der Waals surface area contributed by atoms with Gasteiger partial charge in [0.25, 0.3) is 0 Å². The van der Waals surface area contributed by atoms with Gasteiger partial charge in [-0.3, -0.25) is 0 Å². The van der Waals surface area contributed by atoms with E-state index in [0.717, 1.165) is 36.5 Å². The van der Waals surface area contributed by atoms with E-state index >= 15 is 0 Å². The van der Waals surface area contributed by atoms with E-state index in [2.05, 4.69) is 12.1 Å². The van der Waals surface area contributed by atoms with Crippen molar-refractivity contribution in [2.45, 2.75) is 26.4 Å². The summed E-state index contributed by atoms with van der Waals surface area (Å²) in [6.07, 6.45) is 2.15. The van der Waals surface area contributed by atoms with E-state index in [-0.39, 0.29) is 5.71 Å². The largest absolute Gasteiger partial charge is 0.494 e. The van der Waals surface area contributed by atoms with Crippen LogP contribution in [0.3, 0.4) is 0 Å². The third kappa shape index (κ3) is 5.54. The molecule has 0 aliphatic carbocycles. The SMILES string of the molecule is CCCCOc1ccc(OCc2ccccc2/C(C#N)=N\OC)cc1. The zero-order valence-electron chi connectivity index (χ0n) is 14.6. The Morgan fingerprint density at radius 3 is 2.36 bits per heavy atom. The fourth-order valence-electron chi connectivity index (χ4n) is 2.23. The molecule has 130 valence electrons. The Labute approximate surface area is 148 Å². The van der Waals surface area contributed by atoms with Crippen LogP contribution >= 0.6 is 0 Å². The smallest absolute Gasteiger partial charge is 0.187 e. The molecule has 0 atom stereocenters. The molecule has 0 N–H and O–H groups in total. The molecule has 0 aliphatic rings. The zero-order chi connectivity index (χ0) is 17.9. The van der Waals surface area contributed by atoms with Gasteiger partial charge in [-0.15, -0.1) is 0 Å². The van der Waals surface area contributed by atoms with Gasteiger partial charge in [-0.1, -0.05) is 42.8 Å². The molecule has 0 bridgehead atoms. The predicted octanol–water partition coefficient (Wildman–Crippen LogP) is 4.32. The van der Waals surface area contributed by atoms with Gasteiger partial charge in [0.1, 0.15) is 31.3 Å². The van der Waals surface area contributed by atoms with E-state index in [1.165, 1.54) is 7.11 Å². The summed E-state index contributed by atoms with van der Waals surface area (Å²) < 4.78 is 11.5. The van der Waals surface area contributed by atoms with Crippen LogP contribution in [-0.2, 0) is 11.4 Å². The summed E-state index contributed by atoms with van der Waals surface area (Å²) in [7, 11) is 1.42. The molecule has 2 aromatic carbocycles. The fourth-order valence-corrected chi connectivity index (χ4v) is 2.23. The van der Waals surface area contributed by atoms with Crippen molar-refractivity contribution in [1.29, 1.82) is 5.26 Å². The van der Waals surface area contributed by atoms with E-state index in [0.29, 0.717) is 12.2 Å². The van der Waals surface area contributed by atoms with E-state index in [1.807, 2.05) is 54.6 Å². The first-order valence-electron chi connectivity index (χ1n) is 8.23. The molecular weight excluding hydrogens is 316 g/mol. The maximum absolute atomic E-state index is 9.22. The second-order valence-electron chi connectivity index (χ2n) is 5.35. The number of ether oxygens (including phenoxy) is 2. The molecule has 0 radical (unpaired) electrons. The highest BCUT2D eigenvalue weighted by atomic mass is 16.6. The standard InChI is InChI=1S/C20H22N2O3/c1-3-4-13-24-17-9-11-18(12-10-17)25-15-16-7-5-6-8-19(16)20(14-21)22-23-2/h5-12H,3-4,13,15H2,1-2H3/b22-20-. The van der Waals surface area contributed by atoms with Crippen LogP contribution in [0.1, 0.15) is 30.9 Å². The molecule has 0 fully saturated rings. The summed E-state index contributed by atoms with van der Waals surface area (Å²) >= 11 is 0. The van der Waals surface area contributed by atoms with Crippen LogP contribution in [0.4, 0.5) is 0 Å². The van der Waals surface area contributed by atoms with Crippen LogP contribution in [0.25, 0.3) is 0 Å². The number of oxime groups is 1. The van der Waals surface area contributed by atoms with Crippen molar-refractivity contribution < 1.29 is 14.3 Å². The van der Waals surface area contributed by atoms with Gasteiger partial charge in [-0.25, -0.2) is 0 Å². The van der Waals surface area contributed by atoms with Gasteiger partial charge in [0.15, 0.2) is 5.71 Å². The monoisotopic (exact) mass is 338 g/mol. The predicted molar refractivity (Wildman–Crippen MR) is 96.8 cm³/mol. The number of nitriles is 1. The molecule has 0 heterocycles. The molecule has 0 saturated carbocycles. The average molecular weight is 338 g/mol. The normalized spacial score (nSPS) is 10.8. The molecule has 5 heteroatoms. The highest BCUT2D eigenvalue weighted by Crippen LogP contribution is 2.20. The maximum Gasteiger partial charge on any atom is 0.187 e. The lowest BCUT2D eigenvalue weighted by Gasteiger charge is -2.11. The van der Waals surface area contributed by atoms with Crippen LogP contribution in [0.15, 0.2) is 53.7 Å². The third-order valence-corrected chi connectivity index (χ3v) is 3.55. The quantitative estimate of drug-likeness (QED) is 0.388. The van der Waals surface area contributed by atoms with E-state index in [4.69, 9.17) is 14.3 Å². The van der Waals surface area contributed by atoms with Gasteiger partial charge in [0, 0.05) is 5.56 Å². The molecule has 0 unspecified atom stereocenters. The Balaban J connectivity index is 2.02. The van der Waals surface area contributed by atoms with Crippen LogP contribution in [0, 0.1) is 11.3 Å². The van der Waals surface area contributed by atoms with Crippen molar-refractivity contribution in [3.8, 4) is 17.6 Å². The van der Waals surface area contributed by atoms with Crippen molar-refractivity contribution in [2.24, 2.45) is 5.16 Å². The Morgan fingerprint density at radius 2 is 1.72 bits per heavy atom. The molecule has 0 amide bonds. The highest BCUT2D eigenvalue weighted by Gasteiger charge is 2.10. The minimum atomic E-state index is 0.223. The molecular formula is C20H22N2O3. The van der Waals surface area contributed by atoms with Crippen molar-refractivity contribution in [3.05, 3.63) is 59.7 Å². The summed E-state index contributed by atoms with van der Waals surface area (Å²) in [6.45, 7) is 3.18. The first-order valence-corrected chi connectivity index (χ1v) is 8.23. The Hall–Kier alpha value is -3.00. The molecule has 25 heavy (non-hydrogen) atoms. The first kappa shape index (κ1) is 18.3. The summed E-state index contributed by atoms with van der Waals surface area (Å²) in [5, 5.41) is 13.0. The average Bonchev–Trinajstić information content (AvgIpc) is 2.66. The lowest BCUT2D eigenvalue weighted by atomic mass is 10.0. The van der Waals surface area contributed by atoms with Crippen LogP contribution < -0.4 is 9.47 Å². The van der Waals surface area contributed by atoms with Gasteiger partial charge in [0.2, 0.25) is 0 Å². The van der Waals surface area contributed by atoms with Crippen molar-refractivity contribution in [1.82, 2.24) is 0 Å². The summed E-state index contributed by atoms with van der Waals surface area (Å²) in [5.74, 6) is 1.57. The van der Waals surface area contributed by atoms with Crippen LogP contribution in [0.5, 0.6) is 11.5 Å². The van der Waals surface area contributed by atoms with Gasteiger partial charge in [0.05, 0.1) is 6.61 Å². The summed E-state index contributed by atoms with van der Waals surface area (Å²) in [5.41, 5.74) is 1.79. The first-order chi connectivity index (χ1) is 12.3. The van der Waals surface area contributed by atoms with E-state index in [9.17, 15) is 5.26 Å². The van der Waals surface area contributed by atoms with Crippen molar-refractivity contribution in [2.75, 3.05) is 13.7 Å². The fraction of sp³-hybridized carbons (Fsp3) is 0.300. The minimum absolute atomic E-state index is 0.223. The van der Waals surface area contributed by atoms with Crippen LogP contribution in [-0.4, -0.2) is 19.4 Å². The number of unbranched alkanes of at least 4 members (excludes halogenated alkanes) is 1. The van der Waals surface area contributed by atoms with Crippen molar-refractivity contribution in [3.63, 3.8) is 0 Å². The van der Waals surface area contributed by atoms with Crippen LogP contribution in [0.2, 0.25) is 0 Å². The number of benzene rings is 2. The highest BCUT2D eigenvalue weighted by molar-refractivity contribution is 6.12. The second kappa shape index (κ2) is 9.99. The third-order valence-electron chi connectivity index (χ3n) is 3.55. The van der Waals surface area contributed by atoms with Gasteiger partial charge in [-0.2, -0.15) is 5.26 Å². The van der Waals surface area contributed by atoms with Gasteiger partial charge in [-0.05, 0) is 36.2 Å². The second-order valence-corrected chi connectivity index (χ2v) is 5.35. The molecule has 0 saturated heterocycles. The number of hydrogen-bond acceptors (Lipinski definition) is 5. The topological polar surface area (TPSA) is 63.8 Å². The molecule has 0 spiro atoms. The lowest BCUT2D eigenvalue weighted by Crippen LogP contribution is -2.06. The Morgan fingerprint density at radius 1 is 1.04 bits per heavy atom. The van der Waals surface area contributed by atoms with Gasteiger partial charge >= 0.3 is 0 Å². The Bertz CT molecular complexity index is 733. The zero-order valence-corrected chi connectivity index (χ0v) is 14.6. The number of nitrogens with zero attached hydrogens (tertiary/aromatic N) is 2. The summed E-state index contributed by atoms with van der Waals surface area (Å²) in [6, 6.07) is 17.1.